The lowest BCUT2D eigenvalue weighted by Crippen LogP contribution is -2.60. The number of allylic oxidation sites excluding steroid dienone is 1. The zero-order chi connectivity index (χ0) is 33.8. The van der Waals surface area contributed by atoms with Gasteiger partial charge in [0.1, 0.15) is 18.2 Å². The SMILES string of the molecule is C=CCCC(=O)OC[C@@H](NC(=O)[C@H]1[C@@H]2O[C@@]3(CC2Br)[C@@H]1C(=O)N([C@@H](CO)CC(C)C)[C@@H]3C(=O)N(CC=C)C(C)C)c1ccccc1. The smallest absolute Gasteiger partial charge is 0.306 e. The van der Waals surface area contributed by atoms with Crippen LogP contribution < -0.4 is 5.32 Å². The van der Waals surface area contributed by atoms with Crippen molar-refractivity contribution >= 4 is 39.6 Å². The highest BCUT2D eigenvalue weighted by Crippen LogP contribution is 2.60. The summed E-state index contributed by atoms with van der Waals surface area (Å²) in [7, 11) is 0. The first kappa shape index (κ1) is 35.8. The second kappa shape index (κ2) is 15.3. The first-order chi connectivity index (χ1) is 21.9. The summed E-state index contributed by atoms with van der Waals surface area (Å²) in [5.74, 6) is -3.21. The highest BCUT2D eigenvalue weighted by Gasteiger charge is 2.77. The van der Waals surface area contributed by atoms with Crippen LogP contribution in [0.15, 0.2) is 55.6 Å². The van der Waals surface area contributed by atoms with Crippen molar-refractivity contribution in [1.29, 1.82) is 0 Å². The summed E-state index contributed by atoms with van der Waals surface area (Å²) < 4.78 is 12.2. The summed E-state index contributed by atoms with van der Waals surface area (Å²) in [4.78, 5) is 58.6. The van der Waals surface area contributed by atoms with Crippen LogP contribution in [0.3, 0.4) is 0 Å². The molecule has 1 aromatic rings. The number of nitrogens with zero attached hydrogens (tertiary/aromatic N) is 2. The molecule has 0 radical (unpaired) electrons. The number of rotatable bonds is 16. The van der Waals surface area contributed by atoms with Crippen molar-refractivity contribution in [3.63, 3.8) is 0 Å². The molecule has 2 bridgehead atoms. The summed E-state index contributed by atoms with van der Waals surface area (Å²) in [6.07, 6.45) is 4.10. The van der Waals surface area contributed by atoms with Gasteiger partial charge in [0.15, 0.2) is 0 Å². The minimum Gasteiger partial charge on any atom is -0.463 e. The zero-order valence-corrected chi connectivity index (χ0v) is 28.9. The van der Waals surface area contributed by atoms with Gasteiger partial charge >= 0.3 is 5.97 Å². The number of hydrogen-bond acceptors (Lipinski definition) is 7. The molecule has 1 unspecified atom stereocenters. The summed E-state index contributed by atoms with van der Waals surface area (Å²) in [5.41, 5.74) is -0.532. The summed E-state index contributed by atoms with van der Waals surface area (Å²) in [5, 5.41) is 13.6. The van der Waals surface area contributed by atoms with E-state index >= 15 is 0 Å². The van der Waals surface area contributed by atoms with E-state index in [1.807, 2.05) is 58.0 Å². The van der Waals surface area contributed by atoms with Crippen LogP contribution in [0.25, 0.3) is 0 Å². The predicted molar refractivity (Wildman–Crippen MR) is 178 cm³/mol. The number of aliphatic hydroxyl groups excluding tert-OH is 1. The van der Waals surface area contributed by atoms with Crippen molar-refractivity contribution < 1.29 is 33.8 Å². The van der Waals surface area contributed by atoms with Crippen molar-refractivity contribution in [2.45, 2.75) is 94.1 Å². The third-order valence-electron chi connectivity index (χ3n) is 9.33. The number of benzene rings is 1. The molecule has 0 aliphatic carbocycles. The van der Waals surface area contributed by atoms with Gasteiger partial charge in [-0.3, -0.25) is 19.2 Å². The minimum absolute atomic E-state index is 0.0927. The average molecular weight is 703 g/mol. The van der Waals surface area contributed by atoms with Crippen LogP contribution in [-0.4, -0.2) is 93.0 Å². The molecule has 0 saturated carbocycles. The summed E-state index contributed by atoms with van der Waals surface area (Å²) in [6, 6.07) is 6.67. The largest absolute Gasteiger partial charge is 0.463 e. The quantitative estimate of drug-likeness (QED) is 0.152. The molecule has 4 rings (SSSR count). The van der Waals surface area contributed by atoms with Gasteiger partial charge in [-0.1, -0.05) is 72.3 Å². The van der Waals surface area contributed by atoms with Gasteiger partial charge in [0.05, 0.1) is 36.6 Å². The molecule has 252 valence electrons. The van der Waals surface area contributed by atoms with Crippen molar-refractivity contribution in [2.75, 3.05) is 19.8 Å². The van der Waals surface area contributed by atoms with E-state index in [2.05, 4.69) is 34.4 Å². The Bertz CT molecular complexity index is 1290. The first-order valence-corrected chi connectivity index (χ1v) is 17.1. The third-order valence-corrected chi connectivity index (χ3v) is 10.2. The molecule has 10 nitrogen and oxygen atoms in total. The number of ether oxygens (including phenoxy) is 2. The van der Waals surface area contributed by atoms with E-state index in [1.54, 1.807) is 17.1 Å². The van der Waals surface area contributed by atoms with Crippen molar-refractivity contribution in [1.82, 2.24) is 15.1 Å². The number of hydrogen-bond donors (Lipinski definition) is 2. The van der Waals surface area contributed by atoms with Gasteiger partial charge in [0.25, 0.3) is 0 Å². The van der Waals surface area contributed by atoms with Gasteiger partial charge in [-0.05, 0) is 44.6 Å². The molecule has 46 heavy (non-hydrogen) atoms. The molecular weight excluding hydrogens is 654 g/mol. The molecular formula is C35H48BrN3O7. The fourth-order valence-electron chi connectivity index (χ4n) is 7.35. The van der Waals surface area contributed by atoms with Crippen molar-refractivity contribution in [2.24, 2.45) is 17.8 Å². The molecule has 1 aromatic carbocycles. The van der Waals surface area contributed by atoms with E-state index < -0.39 is 53.5 Å². The Morgan fingerprint density at radius 2 is 1.89 bits per heavy atom. The van der Waals surface area contributed by atoms with E-state index in [-0.39, 0.29) is 54.8 Å². The molecule has 1 spiro atoms. The maximum Gasteiger partial charge on any atom is 0.306 e. The fraction of sp³-hybridized carbons (Fsp3) is 0.600. The van der Waals surface area contributed by atoms with Gasteiger partial charge < -0.3 is 29.7 Å². The van der Waals surface area contributed by atoms with Crippen molar-refractivity contribution in [3.8, 4) is 0 Å². The number of nitrogens with one attached hydrogen (secondary N) is 1. The number of halogens is 1. The Labute approximate surface area is 280 Å². The highest BCUT2D eigenvalue weighted by atomic mass is 79.9. The Kier molecular flexibility index (Phi) is 11.9. The highest BCUT2D eigenvalue weighted by molar-refractivity contribution is 9.09. The van der Waals surface area contributed by atoms with Gasteiger partial charge in [0, 0.05) is 23.8 Å². The lowest BCUT2D eigenvalue weighted by atomic mass is 9.70. The van der Waals surface area contributed by atoms with Crippen LogP contribution in [0, 0.1) is 17.8 Å². The number of amides is 3. The predicted octanol–water partition coefficient (Wildman–Crippen LogP) is 3.93. The van der Waals surface area contributed by atoms with E-state index in [0.717, 1.165) is 5.56 Å². The monoisotopic (exact) mass is 701 g/mol. The zero-order valence-electron chi connectivity index (χ0n) is 27.3. The second-order valence-corrected chi connectivity index (χ2v) is 14.4. The van der Waals surface area contributed by atoms with Crippen LogP contribution in [0.2, 0.25) is 0 Å². The van der Waals surface area contributed by atoms with E-state index in [9.17, 15) is 24.3 Å². The molecule has 3 fully saturated rings. The lowest BCUT2D eigenvalue weighted by molar-refractivity contribution is -0.152. The van der Waals surface area contributed by atoms with E-state index in [0.29, 0.717) is 19.3 Å². The number of fused-ring (bicyclic) bond motifs is 1. The van der Waals surface area contributed by atoms with E-state index in [4.69, 9.17) is 9.47 Å². The topological polar surface area (TPSA) is 125 Å². The van der Waals surface area contributed by atoms with Crippen molar-refractivity contribution in [3.05, 3.63) is 61.2 Å². The Balaban J connectivity index is 1.72. The maximum atomic E-state index is 14.6. The number of esters is 1. The summed E-state index contributed by atoms with van der Waals surface area (Å²) in [6.45, 7) is 15.1. The molecule has 3 aliphatic rings. The number of alkyl halides is 1. The Hall–Kier alpha value is -3.02. The van der Waals surface area contributed by atoms with Crippen LogP contribution in [0.1, 0.15) is 65.0 Å². The van der Waals surface area contributed by atoms with Gasteiger partial charge in [-0.25, -0.2) is 0 Å². The molecule has 3 amide bonds. The average Bonchev–Trinajstić information content (AvgIpc) is 3.62. The van der Waals surface area contributed by atoms with Crippen LogP contribution in [-0.2, 0) is 28.7 Å². The second-order valence-electron chi connectivity index (χ2n) is 13.2. The fourth-order valence-corrected chi connectivity index (χ4v) is 8.30. The van der Waals surface area contributed by atoms with E-state index in [1.165, 1.54) is 4.90 Å². The lowest BCUT2D eigenvalue weighted by Gasteiger charge is -2.40. The Morgan fingerprint density at radius 3 is 2.48 bits per heavy atom. The standard InChI is InChI=1S/C35H48BrN3O7/c1-7-9-15-27(41)45-20-26(23-13-11-10-12-14-23)37-32(42)28-29-33(43)39(24(19-40)17-21(3)4)31(34(44)38(16-8-2)22(5)6)35(29)18-25(36)30(28)46-35/h7-8,10-14,21-22,24-26,28-31,40H,1-2,9,15-20H2,3-6H3,(H,37,42)/t24-,25?,26-,28-,29+,30-,31-,35+/m1/s1. The normalized spacial score (nSPS) is 27.8. The number of likely N-dealkylation sites (tertiary alicyclic amines) is 1. The molecule has 3 saturated heterocycles. The molecule has 8 atom stereocenters. The van der Waals surface area contributed by atoms with Crippen LogP contribution >= 0.6 is 15.9 Å². The third kappa shape index (κ3) is 6.96. The Morgan fingerprint density at radius 1 is 1.20 bits per heavy atom. The number of carbonyl (C=O) groups excluding carboxylic acids is 4. The molecule has 3 heterocycles. The summed E-state index contributed by atoms with van der Waals surface area (Å²) >= 11 is 3.73. The molecule has 2 N–H and O–H groups in total. The molecule has 3 aliphatic heterocycles. The van der Waals surface area contributed by atoms with Gasteiger partial charge in [-0.15, -0.1) is 13.2 Å². The van der Waals surface area contributed by atoms with Gasteiger partial charge in [0.2, 0.25) is 17.7 Å². The van der Waals surface area contributed by atoms with Crippen LogP contribution in [0.4, 0.5) is 0 Å². The van der Waals surface area contributed by atoms with Crippen LogP contribution in [0.5, 0.6) is 0 Å². The maximum absolute atomic E-state index is 14.6. The molecule has 0 aromatic heterocycles. The molecule has 11 heteroatoms. The van der Waals surface area contributed by atoms with Gasteiger partial charge in [-0.2, -0.15) is 0 Å². The first-order valence-electron chi connectivity index (χ1n) is 16.2. The number of aliphatic hydroxyl groups is 1. The minimum atomic E-state index is -1.27. The number of carbonyl (C=O) groups is 4.